The highest BCUT2D eigenvalue weighted by Crippen LogP contribution is 2.37. The molecule has 0 heterocycles. The van der Waals surface area contributed by atoms with Crippen LogP contribution in [0.1, 0.15) is 36.6 Å². The van der Waals surface area contributed by atoms with Gasteiger partial charge in [-0.3, -0.25) is 0 Å². The first-order valence-corrected chi connectivity index (χ1v) is 10.4. The number of nitrogens with one attached hydrogen (secondary N) is 1. The predicted molar refractivity (Wildman–Crippen MR) is 120 cm³/mol. The van der Waals surface area contributed by atoms with Gasteiger partial charge in [-0.15, -0.1) is 0 Å². The molecule has 0 amide bonds. The van der Waals surface area contributed by atoms with Crippen LogP contribution in [0.15, 0.2) is 66.7 Å². The molecule has 1 atom stereocenters. The molecule has 1 N–H and O–H groups in total. The summed E-state index contributed by atoms with van der Waals surface area (Å²) in [4.78, 5) is 0. The maximum atomic E-state index is 6.54. The highest BCUT2D eigenvalue weighted by Gasteiger charge is 2.14. The third kappa shape index (κ3) is 6.14. The smallest absolute Gasteiger partial charge is 0.180 e. The van der Waals surface area contributed by atoms with E-state index in [1.807, 2.05) is 61.5 Å². The van der Waals surface area contributed by atoms with Crippen LogP contribution < -0.4 is 14.8 Å². The Morgan fingerprint density at radius 3 is 2.41 bits per heavy atom. The second-order valence-corrected chi connectivity index (χ2v) is 7.61. The van der Waals surface area contributed by atoms with E-state index in [0.717, 1.165) is 11.1 Å². The number of rotatable bonds is 9. The van der Waals surface area contributed by atoms with Crippen molar-refractivity contribution in [3.8, 4) is 11.5 Å². The van der Waals surface area contributed by atoms with E-state index in [0.29, 0.717) is 41.3 Å². The summed E-state index contributed by atoms with van der Waals surface area (Å²) in [5.41, 5.74) is 3.25. The molecule has 0 aliphatic carbocycles. The number of ether oxygens (including phenoxy) is 2. The lowest BCUT2D eigenvalue weighted by molar-refractivity contribution is 0.269. The maximum Gasteiger partial charge on any atom is 0.180 e. The van der Waals surface area contributed by atoms with E-state index in [-0.39, 0.29) is 6.04 Å². The van der Waals surface area contributed by atoms with Crippen molar-refractivity contribution in [1.82, 2.24) is 5.32 Å². The average molecular weight is 430 g/mol. The second-order valence-electron chi connectivity index (χ2n) is 6.77. The highest BCUT2D eigenvalue weighted by molar-refractivity contribution is 6.32. The highest BCUT2D eigenvalue weighted by atomic mass is 35.5. The van der Waals surface area contributed by atoms with Crippen LogP contribution in [0, 0.1) is 0 Å². The normalized spacial score (nSPS) is 11.9. The number of hydrogen-bond donors (Lipinski definition) is 1. The van der Waals surface area contributed by atoms with Crippen molar-refractivity contribution >= 4 is 23.2 Å². The first kappa shape index (κ1) is 21.5. The van der Waals surface area contributed by atoms with E-state index in [4.69, 9.17) is 32.7 Å². The Labute approximate surface area is 182 Å². The summed E-state index contributed by atoms with van der Waals surface area (Å²) in [5.74, 6) is 1.19. The average Bonchev–Trinajstić information content (AvgIpc) is 2.72. The quantitative estimate of drug-likeness (QED) is 0.404. The largest absolute Gasteiger partial charge is 0.490 e. The van der Waals surface area contributed by atoms with Crippen molar-refractivity contribution < 1.29 is 9.47 Å². The van der Waals surface area contributed by atoms with Gasteiger partial charge in [-0.05, 0) is 54.8 Å². The van der Waals surface area contributed by atoms with Crippen LogP contribution in [0.2, 0.25) is 10.0 Å². The van der Waals surface area contributed by atoms with Crippen LogP contribution in [0.3, 0.4) is 0 Å². The molecule has 1 unspecified atom stereocenters. The van der Waals surface area contributed by atoms with Crippen molar-refractivity contribution in [1.29, 1.82) is 0 Å². The molecular formula is C24H25Cl2NO2. The van der Waals surface area contributed by atoms with Gasteiger partial charge in [0.15, 0.2) is 11.5 Å². The van der Waals surface area contributed by atoms with Crippen LogP contribution >= 0.6 is 23.2 Å². The van der Waals surface area contributed by atoms with Gasteiger partial charge in [-0.1, -0.05) is 65.7 Å². The van der Waals surface area contributed by atoms with Gasteiger partial charge in [0, 0.05) is 17.6 Å². The summed E-state index contributed by atoms with van der Waals surface area (Å²) in [6, 6.07) is 22.0. The zero-order chi connectivity index (χ0) is 20.6. The van der Waals surface area contributed by atoms with Crippen molar-refractivity contribution in [3.63, 3.8) is 0 Å². The molecule has 0 aromatic heterocycles. The molecule has 0 aliphatic heterocycles. The molecule has 3 aromatic rings. The number of benzene rings is 3. The number of halogens is 2. The van der Waals surface area contributed by atoms with Gasteiger partial charge < -0.3 is 14.8 Å². The lowest BCUT2D eigenvalue weighted by Gasteiger charge is -2.18. The van der Waals surface area contributed by atoms with E-state index in [1.54, 1.807) is 0 Å². The molecule has 5 heteroatoms. The van der Waals surface area contributed by atoms with Crippen molar-refractivity contribution in [2.75, 3.05) is 6.61 Å². The monoisotopic (exact) mass is 429 g/mol. The fourth-order valence-electron chi connectivity index (χ4n) is 3.04. The van der Waals surface area contributed by atoms with E-state index in [9.17, 15) is 0 Å². The molecular weight excluding hydrogens is 405 g/mol. The van der Waals surface area contributed by atoms with Crippen LogP contribution in [-0.4, -0.2) is 6.61 Å². The van der Waals surface area contributed by atoms with Crippen LogP contribution in [0.25, 0.3) is 0 Å². The minimum atomic E-state index is 0.226. The molecule has 152 valence electrons. The van der Waals surface area contributed by atoms with Gasteiger partial charge in [-0.25, -0.2) is 0 Å². The molecule has 0 saturated heterocycles. The number of hydrogen-bond acceptors (Lipinski definition) is 3. The third-order valence-corrected chi connectivity index (χ3v) is 5.07. The summed E-state index contributed by atoms with van der Waals surface area (Å²) in [7, 11) is 0. The lowest BCUT2D eigenvalue weighted by Crippen LogP contribution is -2.18. The first-order valence-electron chi connectivity index (χ1n) is 9.67. The van der Waals surface area contributed by atoms with E-state index >= 15 is 0 Å². The van der Waals surface area contributed by atoms with Gasteiger partial charge in [0.25, 0.3) is 0 Å². The second kappa shape index (κ2) is 10.5. The Kier molecular flexibility index (Phi) is 7.82. The minimum Gasteiger partial charge on any atom is -0.490 e. The predicted octanol–water partition coefficient (Wildman–Crippen LogP) is 6.82. The Balaban J connectivity index is 1.71. The van der Waals surface area contributed by atoms with E-state index < -0.39 is 0 Å². The standard InChI is InChI=1S/C24H25Cl2NO2/c1-3-28-23-14-19(15-27-17(2)20-9-5-4-6-10-20)13-22(26)24(23)29-16-18-8-7-11-21(25)12-18/h4-14,17,27H,3,15-16H2,1-2H3. The summed E-state index contributed by atoms with van der Waals surface area (Å²) in [5, 5.41) is 4.73. The van der Waals surface area contributed by atoms with Gasteiger partial charge >= 0.3 is 0 Å². The first-order chi connectivity index (χ1) is 14.1. The van der Waals surface area contributed by atoms with Crippen molar-refractivity contribution in [2.24, 2.45) is 0 Å². The molecule has 3 aromatic carbocycles. The topological polar surface area (TPSA) is 30.5 Å². The summed E-state index contributed by atoms with van der Waals surface area (Å²) in [6.45, 7) is 5.65. The Morgan fingerprint density at radius 1 is 0.897 bits per heavy atom. The van der Waals surface area contributed by atoms with Crippen LogP contribution in [-0.2, 0) is 13.2 Å². The zero-order valence-electron chi connectivity index (χ0n) is 16.6. The molecule has 29 heavy (non-hydrogen) atoms. The molecule has 0 fully saturated rings. The minimum absolute atomic E-state index is 0.226. The molecule has 0 radical (unpaired) electrons. The Hall–Kier alpha value is -2.20. The molecule has 0 spiro atoms. The fraction of sp³-hybridized carbons (Fsp3) is 0.250. The maximum absolute atomic E-state index is 6.54. The molecule has 0 aliphatic rings. The molecule has 0 saturated carbocycles. The van der Waals surface area contributed by atoms with Crippen molar-refractivity contribution in [3.05, 3.63) is 93.5 Å². The molecule has 3 nitrogen and oxygen atoms in total. The Morgan fingerprint density at radius 2 is 1.69 bits per heavy atom. The summed E-state index contributed by atoms with van der Waals surface area (Å²) < 4.78 is 11.8. The molecule has 3 rings (SSSR count). The fourth-order valence-corrected chi connectivity index (χ4v) is 3.54. The van der Waals surface area contributed by atoms with Gasteiger partial charge in [0.2, 0.25) is 0 Å². The Bertz CT molecular complexity index is 931. The zero-order valence-corrected chi connectivity index (χ0v) is 18.1. The van der Waals surface area contributed by atoms with Gasteiger partial charge in [0.05, 0.1) is 11.6 Å². The van der Waals surface area contributed by atoms with Crippen LogP contribution in [0.5, 0.6) is 11.5 Å². The van der Waals surface area contributed by atoms with Gasteiger partial charge in [-0.2, -0.15) is 0 Å². The molecule has 0 bridgehead atoms. The van der Waals surface area contributed by atoms with Crippen molar-refractivity contribution in [2.45, 2.75) is 33.0 Å². The van der Waals surface area contributed by atoms with E-state index in [2.05, 4.69) is 24.4 Å². The van der Waals surface area contributed by atoms with Crippen LogP contribution in [0.4, 0.5) is 0 Å². The summed E-state index contributed by atoms with van der Waals surface area (Å²) in [6.07, 6.45) is 0. The lowest BCUT2D eigenvalue weighted by atomic mass is 10.1. The van der Waals surface area contributed by atoms with E-state index in [1.165, 1.54) is 5.56 Å². The SMILES string of the molecule is CCOc1cc(CNC(C)c2ccccc2)cc(Cl)c1OCc1cccc(Cl)c1. The van der Waals surface area contributed by atoms with Gasteiger partial charge in [0.1, 0.15) is 6.61 Å². The summed E-state index contributed by atoms with van der Waals surface area (Å²) >= 11 is 12.6. The third-order valence-electron chi connectivity index (χ3n) is 4.55.